The van der Waals surface area contributed by atoms with E-state index in [1.165, 1.54) is 17.7 Å². The molecule has 1 aliphatic heterocycles. The van der Waals surface area contributed by atoms with Gasteiger partial charge in [-0.3, -0.25) is 9.88 Å². The Morgan fingerprint density at radius 2 is 1.74 bits per heavy atom. The number of rotatable bonds is 9. The van der Waals surface area contributed by atoms with E-state index < -0.39 is 10.0 Å². The minimum atomic E-state index is -3.70. The van der Waals surface area contributed by atoms with E-state index in [4.69, 9.17) is 5.26 Å². The summed E-state index contributed by atoms with van der Waals surface area (Å²) in [5.41, 5.74) is 6.65. The van der Waals surface area contributed by atoms with Crippen LogP contribution in [0.3, 0.4) is 0 Å². The largest absolute Gasteiger partial charge is 0.366 e. The molecule has 0 fully saturated rings. The Labute approximate surface area is 227 Å². The van der Waals surface area contributed by atoms with Crippen LogP contribution in [0.4, 0.5) is 4.39 Å². The molecule has 198 valence electrons. The molecule has 1 unspecified atom stereocenters. The van der Waals surface area contributed by atoms with E-state index in [1.54, 1.807) is 42.7 Å². The van der Waals surface area contributed by atoms with E-state index in [2.05, 4.69) is 25.7 Å². The van der Waals surface area contributed by atoms with Crippen LogP contribution < -0.4 is 4.72 Å². The molecule has 0 saturated carbocycles. The van der Waals surface area contributed by atoms with Crippen LogP contribution in [0.2, 0.25) is 0 Å². The molecule has 0 aliphatic carbocycles. The predicted molar refractivity (Wildman–Crippen MR) is 148 cm³/mol. The van der Waals surface area contributed by atoms with Crippen LogP contribution in [0.5, 0.6) is 0 Å². The Balaban J connectivity index is 1.36. The maximum absolute atomic E-state index is 13.7. The molecular formula is C30H28FN5O2S. The number of halogens is 1. The van der Waals surface area contributed by atoms with Gasteiger partial charge in [-0.2, -0.15) is 9.98 Å². The van der Waals surface area contributed by atoms with Crippen molar-refractivity contribution in [2.75, 3.05) is 19.6 Å². The fourth-order valence-corrected chi connectivity index (χ4v) is 5.89. The van der Waals surface area contributed by atoms with Crippen LogP contribution in [0.1, 0.15) is 29.2 Å². The summed E-state index contributed by atoms with van der Waals surface area (Å²) < 4.78 is 40.5. The summed E-state index contributed by atoms with van der Waals surface area (Å²) in [7, 11) is -3.70. The first-order chi connectivity index (χ1) is 18.9. The summed E-state index contributed by atoms with van der Waals surface area (Å²) in [4.78, 5) is 9.89. The molecule has 1 aliphatic rings. The quantitative estimate of drug-likeness (QED) is 0.288. The molecule has 2 aromatic heterocycles. The number of nitrogens with zero attached hydrogens (tertiary/aromatic N) is 3. The van der Waals surface area contributed by atoms with Crippen molar-refractivity contribution in [2.24, 2.45) is 0 Å². The maximum atomic E-state index is 13.7. The summed E-state index contributed by atoms with van der Waals surface area (Å²) in [5.74, 6) is -0.262. The lowest BCUT2D eigenvalue weighted by Gasteiger charge is -2.36. The van der Waals surface area contributed by atoms with Crippen LogP contribution in [-0.4, -0.2) is 42.9 Å². The molecule has 0 spiro atoms. The van der Waals surface area contributed by atoms with Crippen molar-refractivity contribution in [3.05, 3.63) is 114 Å². The Hall–Kier alpha value is -4.10. The molecule has 7 nitrogen and oxygen atoms in total. The highest BCUT2D eigenvalue weighted by molar-refractivity contribution is 7.89. The topological polar surface area (TPSA) is 102 Å². The van der Waals surface area contributed by atoms with Gasteiger partial charge in [0.05, 0.1) is 17.5 Å². The lowest BCUT2D eigenvalue weighted by Crippen LogP contribution is -2.34. The zero-order valence-electron chi connectivity index (χ0n) is 21.2. The first-order valence-corrected chi connectivity index (χ1v) is 14.1. The van der Waals surface area contributed by atoms with E-state index in [-0.39, 0.29) is 23.3 Å². The van der Waals surface area contributed by atoms with Crippen LogP contribution in [-0.2, 0) is 16.4 Å². The number of benzene rings is 2. The lowest BCUT2D eigenvalue weighted by atomic mass is 9.88. The molecule has 0 amide bonds. The zero-order chi connectivity index (χ0) is 27.2. The second kappa shape index (κ2) is 11.7. The number of aromatic amines is 1. The van der Waals surface area contributed by atoms with Crippen LogP contribution in [0, 0.1) is 17.1 Å². The van der Waals surface area contributed by atoms with Crippen LogP contribution >= 0.6 is 0 Å². The molecule has 2 aromatic carbocycles. The molecule has 5 rings (SSSR count). The number of hydrogen-bond donors (Lipinski definition) is 2. The Morgan fingerprint density at radius 1 is 1.03 bits per heavy atom. The third kappa shape index (κ3) is 6.15. The second-order valence-electron chi connectivity index (χ2n) is 9.39. The smallest absolute Gasteiger partial charge is 0.241 e. The fourth-order valence-electron chi connectivity index (χ4n) is 4.97. The van der Waals surface area contributed by atoms with E-state index in [1.807, 2.05) is 36.7 Å². The second-order valence-corrected chi connectivity index (χ2v) is 11.2. The molecule has 1 atom stereocenters. The SMILES string of the molecule is N#CCNS(=O)(=O)c1ccc(CCN2CC=C(c3c[nH]cc3-c3ccncc3)CC2c2ccc(F)cc2)cc1. The number of H-pyrrole nitrogens is 1. The summed E-state index contributed by atoms with van der Waals surface area (Å²) in [6.45, 7) is 1.20. The number of sulfonamides is 1. The normalized spacial score (nSPS) is 16.0. The van der Waals surface area contributed by atoms with Gasteiger partial charge in [-0.1, -0.05) is 30.3 Å². The zero-order valence-corrected chi connectivity index (χ0v) is 22.0. The van der Waals surface area contributed by atoms with Gasteiger partial charge < -0.3 is 4.98 Å². The van der Waals surface area contributed by atoms with Gasteiger partial charge in [-0.15, -0.1) is 0 Å². The first-order valence-electron chi connectivity index (χ1n) is 12.7. The molecule has 0 saturated heterocycles. The molecule has 2 N–H and O–H groups in total. The van der Waals surface area contributed by atoms with Crippen molar-refractivity contribution in [3.63, 3.8) is 0 Å². The fraction of sp³-hybridized carbons (Fsp3) is 0.200. The van der Waals surface area contributed by atoms with Gasteiger partial charge in [0.2, 0.25) is 10.0 Å². The molecule has 0 radical (unpaired) electrons. The van der Waals surface area contributed by atoms with Crippen LogP contribution in [0.25, 0.3) is 16.7 Å². The summed E-state index contributed by atoms with van der Waals surface area (Å²) >= 11 is 0. The third-order valence-corrected chi connectivity index (χ3v) is 8.44. The summed E-state index contributed by atoms with van der Waals surface area (Å²) in [6.07, 6.45) is 11.3. The van der Waals surface area contributed by atoms with Gasteiger partial charge in [0.1, 0.15) is 5.82 Å². The highest BCUT2D eigenvalue weighted by Gasteiger charge is 2.27. The van der Waals surface area contributed by atoms with Crippen molar-refractivity contribution in [3.8, 4) is 17.2 Å². The van der Waals surface area contributed by atoms with Gasteiger partial charge in [0.25, 0.3) is 0 Å². The van der Waals surface area contributed by atoms with Gasteiger partial charge in [0, 0.05) is 55.0 Å². The van der Waals surface area contributed by atoms with E-state index in [0.29, 0.717) is 0 Å². The lowest BCUT2D eigenvalue weighted by molar-refractivity contribution is 0.216. The highest BCUT2D eigenvalue weighted by Crippen LogP contribution is 2.39. The number of aromatic nitrogens is 2. The Kier molecular flexibility index (Phi) is 7.98. The third-order valence-electron chi connectivity index (χ3n) is 7.03. The summed E-state index contributed by atoms with van der Waals surface area (Å²) in [5, 5.41) is 8.66. The minimum Gasteiger partial charge on any atom is -0.366 e. The molecule has 9 heteroatoms. The minimum absolute atomic E-state index is 0.0561. The van der Waals surface area contributed by atoms with Crippen molar-refractivity contribution in [1.82, 2.24) is 19.6 Å². The number of pyridine rings is 1. The molecular weight excluding hydrogens is 513 g/mol. The number of nitriles is 1. The van der Waals surface area contributed by atoms with Gasteiger partial charge in [0.15, 0.2) is 0 Å². The highest BCUT2D eigenvalue weighted by atomic mass is 32.2. The van der Waals surface area contributed by atoms with E-state index in [9.17, 15) is 12.8 Å². The average molecular weight is 542 g/mol. The molecule has 0 bridgehead atoms. The van der Waals surface area contributed by atoms with E-state index in [0.717, 1.165) is 53.7 Å². The molecule has 3 heterocycles. The Bertz CT molecular complexity index is 1590. The number of hydrogen-bond acceptors (Lipinski definition) is 5. The number of nitrogens with one attached hydrogen (secondary N) is 2. The van der Waals surface area contributed by atoms with E-state index >= 15 is 0 Å². The monoisotopic (exact) mass is 541 g/mol. The molecule has 4 aromatic rings. The van der Waals surface area contributed by atoms with Gasteiger partial charge in [-0.25, -0.2) is 12.8 Å². The van der Waals surface area contributed by atoms with Gasteiger partial charge >= 0.3 is 0 Å². The van der Waals surface area contributed by atoms with Crippen molar-refractivity contribution >= 4 is 15.6 Å². The van der Waals surface area contributed by atoms with Crippen molar-refractivity contribution in [1.29, 1.82) is 5.26 Å². The predicted octanol–water partition coefficient (Wildman–Crippen LogP) is 5.09. The average Bonchev–Trinajstić information content (AvgIpc) is 3.46. The standard InChI is InChI=1S/C30H28FN5O2S/c31-26-5-3-24(4-6-26)30-19-25(29-21-34-20-28(29)23-9-14-33-15-10-23)12-18-36(30)17-11-22-1-7-27(8-2-22)39(37,38)35-16-13-32/h1-10,12,14-15,20-21,30,34-35H,11,16-19H2. The first kappa shape index (κ1) is 26.5. The van der Waals surface area contributed by atoms with Crippen molar-refractivity contribution in [2.45, 2.75) is 23.8 Å². The Morgan fingerprint density at radius 3 is 2.46 bits per heavy atom. The van der Waals surface area contributed by atoms with Gasteiger partial charge in [-0.05, 0) is 71.5 Å². The molecule has 39 heavy (non-hydrogen) atoms. The summed E-state index contributed by atoms with van der Waals surface area (Å²) in [6, 6.07) is 19.3. The maximum Gasteiger partial charge on any atom is 0.241 e. The van der Waals surface area contributed by atoms with Crippen LogP contribution in [0.15, 0.2) is 96.4 Å². The van der Waals surface area contributed by atoms with Crippen molar-refractivity contribution < 1.29 is 12.8 Å².